The maximum absolute atomic E-state index is 12.9. The van der Waals surface area contributed by atoms with Crippen molar-refractivity contribution in [3.05, 3.63) is 74.8 Å². The number of aromatic amines is 1. The average Bonchev–Trinajstić information content (AvgIpc) is 3.31. The van der Waals surface area contributed by atoms with E-state index in [-0.39, 0.29) is 22.9 Å². The van der Waals surface area contributed by atoms with Gasteiger partial charge in [-0.2, -0.15) is 0 Å². The highest BCUT2D eigenvalue weighted by Gasteiger charge is 2.27. The summed E-state index contributed by atoms with van der Waals surface area (Å²) in [5.74, 6) is 1.96. The van der Waals surface area contributed by atoms with Gasteiger partial charge in [-0.1, -0.05) is 28.9 Å². The van der Waals surface area contributed by atoms with Gasteiger partial charge < -0.3 is 19.4 Å². The fourth-order valence-electron chi connectivity index (χ4n) is 4.70. The van der Waals surface area contributed by atoms with Crippen LogP contribution in [0.1, 0.15) is 40.5 Å². The molecule has 1 N–H and O–H groups in total. The lowest BCUT2D eigenvalue weighted by Crippen LogP contribution is -2.38. The number of likely N-dealkylation sites (tertiary alicyclic amines) is 1. The molecule has 1 amide bonds. The molecule has 0 atom stereocenters. The number of piperidine rings is 1. The normalized spacial score (nSPS) is 15.9. The molecule has 0 saturated carbocycles. The number of amides is 1. The first kappa shape index (κ1) is 22.5. The highest BCUT2D eigenvalue weighted by molar-refractivity contribution is 6.30. The fourth-order valence-corrected chi connectivity index (χ4v) is 4.89. The van der Waals surface area contributed by atoms with Gasteiger partial charge in [0.1, 0.15) is 19.0 Å². The Bertz CT molecular complexity index is 1510. The molecule has 4 heterocycles. The molecule has 11 heteroatoms. The summed E-state index contributed by atoms with van der Waals surface area (Å²) in [5, 5.41) is 8.76. The molecule has 0 radical (unpaired) electrons. The molecule has 36 heavy (non-hydrogen) atoms. The Morgan fingerprint density at radius 1 is 1.08 bits per heavy atom. The van der Waals surface area contributed by atoms with Crippen LogP contribution in [0.3, 0.4) is 0 Å². The largest absolute Gasteiger partial charge is 0.486 e. The summed E-state index contributed by atoms with van der Waals surface area (Å²) in [7, 11) is 0. The van der Waals surface area contributed by atoms with Crippen molar-refractivity contribution in [3.8, 4) is 11.5 Å². The summed E-state index contributed by atoms with van der Waals surface area (Å²) < 4.78 is 12.9. The van der Waals surface area contributed by atoms with Gasteiger partial charge in [0.2, 0.25) is 0 Å². The molecule has 2 aliphatic heterocycles. The average molecular weight is 507 g/mol. The highest BCUT2D eigenvalue weighted by atomic mass is 35.5. The second-order valence-electron chi connectivity index (χ2n) is 8.93. The number of benzene rings is 2. The van der Waals surface area contributed by atoms with Gasteiger partial charge >= 0.3 is 0 Å². The van der Waals surface area contributed by atoms with Crippen molar-refractivity contribution in [2.24, 2.45) is 0 Å². The highest BCUT2D eigenvalue weighted by Crippen LogP contribution is 2.31. The molecule has 1 saturated heterocycles. The summed E-state index contributed by atoms with van der Waals surface area (Å²) >= 11 is 6.04. The quantitative estimate of drug-likeness (QED) is 0.452. The lowest BCUT2D eigenvalue weighted by atomic mass is 9.95. The van der Waals surface area contributed by atoms with E-state index in [9.17, 15) is 9.59 Å². The van der Waals surface area contributed by atoms with E-state index in [0.717, 1.165) is 5.56 Å². The lowest BCUT2D eigenvalue weighted by Gasteiger charge is -2.31. The summed E-state index contributed by atoms with van der Waals surface area (Å²) in [6, 6.07) is 12.7. The molecule has 0 bridgehead atoms. The van der Waals surface area contributed by atoms with Crippen LogP contribution in [0.2, 0.25) is 5.02 Å². The molecule has 6 rings (SSSR count). The van der Waals surface area contributed by atoms with Crippen LogP contribution in [-0.2, 0) is 6.54 Å². The minimum atomic E-state index is -0.319. The van der Waals surface area contributed by atoms with Crippen LogP contribution in [0.15, 0.2) is 47.3 Å². The van der Waals surface area contributed by atoms with Crippen LogP contribution in [-0.4, -0.2) is 62.1 Å². The Kier molecular flexibility index (Phi) is 5.80. The predicted octanol–water partition coefficient (Wildman–Crippen LogP) is 3.01. The Labute approximate surface area is 210 Å². The Balaban J connectivity index is 1.21. The van der Waals surface area contributed by atoms with Crippen LogP contribution in [0, 0.1) is 0 Å². The molecule has 10 nitrogen and oxygen atoms in total. The topological polar surface area (TPSA) is 115 Å². The molecular formula is C25H23ClN6O4. The van der Waals surface area contributed by atoms with E-state index in [1.807, 2.05) is 23.1 Å². The number of aromatic nitrogens is 5. The molecule has 2 aliphatic rings. The monoisotopic (exact) mass is 506 g/mol. The molecule has 4 aromatic rings. The number of carbonyl (C=O) groups excluding carboxylic acids is 1. The van der Waals surface area contributed by atoms with E-state index in [0.29, 0.717) is 79.2 Å². The van der Waals surface area contributed by atoms with Crippen molar-refractivity contribution in [1.82, 2.24) is 29.9 Å². The number of H-pyrrole nitrogens is 1. The SMILES string of the molecule is O=C(c1cccc(Cl)c1)N1CCC(c2nc3c(nnn3Cc3ccc4c(c3)OCCO4)c(=O)[nH]2)CC1. The van der Waals surface area contributed by atoms with E-state index >= 15 is 0 Å². The number of ether oxygens (including phenoxy) is 2. The maximum Gasteiger partial charge on any atom is 0.281 e. The second-order valence-corrected chi connectivity index (χ2v) is 9.36. The van der Waals surface area contributed by atoms with Gasteiger partial charge in [-0.05, 0) is 48.7 Å². The van der Waals surface area contributed by atoms with Gasteiger partial charge in [-0.3, -0.25) is 9.59 Å². The zero-order chi connectivity index (χ0) is 24.6. The maximum atomic E-state index is 12.9. The zero-order valence-corrected chi connectivity index (χ0v) is 20.1. The molecule has 184 valence electrons. The van der Waals surface area contributed by atoms with E-state index in [2.05, 4.69) is 15.3 Å². The van der Waals surface area contributed by atoms with Crippen molar-refractivity contribution < 1.29 is 14.3 Å². The number of hydrogen-bond donors (Lipinski definition) is 1. The van der Waals surface area contributed by atoms with Crippen molar-refractivity contribution in [2.45, 2.75) is 25.3 Å². The number of nitrogens with zero attached hydrogens (tertiary/aromatic N) is 5. The molecular weight excluding hydrogens is 484 g/mol. The molecule has 0 unspecified atom stereocenters. The first-order chi connectivity index (χ1) is 17.5. The second kappa shape index (κ2) is 9.27. The minimum absolute atomic E-state index is 0.0168. The third kappa shape index (κ3) is 4.28. The van der Waals surface area contributed by atoms with E-state index in [1.165, 1.54) is 0 Å². The molecule has 0 spiro atoms. The number of halogens is 1. The molecule has 2 aromatic carbocycles. The van der Waals surface area contributed by atoms with Crippen LogP contribution in [0.25, 0.3) is 11.2 Å². The third-order valence-electron chi connectivity index (χ3n) is 6.57. The van der Waals surface area contributed by atoms with Crippen LogP contribution in [0.5, 0.6) is 11.5 Å². The summed E-state index contributed by atoms with van der Waals surface area (Å²) in [5.41, 5.74) is 1.82. The van der Waals surface area contributed by atoms with Crippen molar-refractivity contribution in [3.63, 3.8) is 0 Å². The Hall–Kier alpha value is -3.92. The number of carbonyl (C=O) groups is 1. The van der Waals surface area contributed by atoms with E-state index in [4.69, 9.17) is 26.1 Å². The van der Waals surface area contributed by atoms with Gasteiger partial charge in [-0.15, -0.1) is 5.10 Å². The van der Waals surface area contributed by atoms with Gasteiger partial charge in [0.15, 0.2) is 22.7 Å². The molecule has 0 aliphatic carbocycles. The molecule has 1 fully saturated rings. The van der Waals surface area contributed by atoms with Crippen molar-refractivity contribution in [1.29, 1.82) is 0 Å². The van der Waals surface area contributed by atoms with E-state index < -0.39 is 0 Å². The summed E-state index contributed by atoms with van der Waals surface area (Å²) in [6.45, 7) is 2.55. The van der Waals surface area contributed by atoms with Gasteiger partial charge in [-0.25, -0.2) is 9.67 Å². The summed E-state index contributed by atoms with van der Waals surface area (Å²) in [6.07, 6.45) is 1.37. The number of rotatable bonds is 4. The number of hydrogen-bond acceptors (Lipinski definition) is 7. The fraction of sp³-hybridized carbons (Fsp3) is 0.320. The lowest BCUT2D eigenvalue weighted by molar-refractivity contribution is 0.0711. The number of nitrogens with one attached hydrogen (secondary N) is 1. The predicted molar refractivity (Wildman–Crippen MR) is 132 cm³/mol. The third-order valence-corrected chi connectivity index (χ3v) is 6.81. The first-order valence-electron chi connectivity index (χ1n) is 11.8. The summed E-state index contributed by atoms with van der Waals surface area (Å²) in [4.78, 5) is 35.1. The van der Waals surface area contributed by atoms with Gasteiger partial charge in [0.25, 0.3) is 11.5 Å². The number of fused-ring (bicyclic) bond motifs is 2. The Morgan fingerprint density at radius 3 is 2.69 bits per heavy atom. The van der Waals surface area contributed by atoms with Crippen LogP contribution >= 0.6 is 11.6 Å². The Morgan fingerprint density at radius 2 is 1.89 bits per heavy atom. The standard InChI is InChI=1S/C25H23ClN6O4/c26-18-3-1-2-17(13-18)25(34)31-8-6-16(7-9-31)22-27-23-21(24(33)28-22)29-30-32(23)14-15-4-5-19-20(12-15)36-11-10-35-19/h1-5,12-13,16H,6-11,14H2,(H,27,28,33). The minimum Gasteiger partial charge on any atom is -0.486 e. The zero-order valence-electron chi connectivity index (χ0n) is 19.3. The molecule has 2 aromatic heterocycles. The van der Waals surface area contributed by atoms with Gasteiger partial charge in [0, 0.05) is 29.6 Å². The van der Waals surface area contributed by atoms with Gasteiger partial charge in [0.05, 0.1) is 6.54 Å². The first-order valence-corrected chi connectivity index (χ1v) is 12.2. The van der Waals surface area contributed by atoms with Crippen LogP contribution in [0.4, 0.5) is 0 Å². The smallest absolute Gasteiger partial charge is 0.281 e. The van der Waals surface area contributed by atoms with Crippen LogP contribution < -0.4 is 15.0 Å². The van der Waals surface area contributed by atoms with Crippen molar-refractivity contribution in [2.75, 3.05) is 26.3 Å². The van der Waals surface area contributed by atoms with E-state index in [1.54, 1.807) is 28.9 Å². The van der Waals surface area contributed by atoms with Crippen molar-refractivity contribution >= 4 is 28.7 Å².